The molecule has 0 aliphatic rings. The minimum Gasteiger partial charge on any atom is -0.491 e. The Morgan fingerprint density at radius 2 is 2.32 bits per heavy atom. The lowest BCUT2D eigenvalue weighted by Gasteiger charge is -2.09. The average molecular weight is 278 g/mol. The van der Waals surface area contributed by atoms with Gasteiger partial charge in [0.1, 0.15) is 5.75 Å². The van der Waals surface area contributed by atoms with Gasteiger partial charge in [-0.3, -0.25) is 0 Å². The lowest BCUT2D eigenvalue weighted by atomic mass is 10.2. The number of hydrazine groups is 1. The molecule has 0 aliphatic heterocycles. The van der Waals surface area contributed by atoms with E-state index < -0.39 is 0 Å². The van der Waals surface area contributed by atoms with Gasteiger partial charge in [0, 0.05) is 12.1 Å². The van der Waals surface area contributed by atoms with E-state index in [2.05, 4.69) is 22.4 Å². The van der Waals surface area contributed by atoms with Gasteiger partial charge in [-0.1, -0.05) is 12.1 Å². The number of hydrazone groups is 1. The largest absolute Gasteiger partial charge is 0.491 e. The number of nitrogens with one attached hydrogen (secondary N) is 3. The highest BCUT2D eigenvalue weighted by Gasteiger charge is 2.00. The first kappa shape index (κ1) is 15.2. The van der Waals surface area contributed by atoms with Crippen LogP contribution < -0.4 is 20.6 Å². The molecule has 0 saturated heterocycles. The third-order valence-corrected chi connectivity index (χ3v) is 2.31. The number of ether oxygens (including phenoxy) is 1. The Morgan fingerprint density at radius 1 is 1.53 bits per heavy atom. The van der Waals surface area contributed by atoms with Crippen LogP contribution in [0.15, 0.2) is 36.9 Å². The zero-order chi connectivity index (χ0) is 14.1. The molecule has 4 nitrogen and oxygen atoms in total. The van der Waals surface area contributed by atoms with Crippen molar-refractivity contribution in [3.05, 3.63) is 42.5 Å². The van der Waals surface area contributed by atoms with Gasteiger partial charge in [-0.05, 0) is 44.3 Å². The van der Waals surface area contributed by atoms with E-state index in [1.807, 2.05) is 44.3 Å². The third kappa shape index (κ3) is 6.57. The van der Waals surface area contributed by atoms with Crippen molar-refractivity contribution >= 4 is 23.5 Å². The maximum absolute atomic E-state index is 5.62. The van der Waals surface area contributed by atoms with Crippen LogP contribution in [0.1, 0.15) is 19.4 Å². The molecule has 0 radical (unpaired) electrons. The lowest BCUT2D eigenvalue weighted by molar-refractivity contribution is -0.500. The van der Waals surface area contributed by atoms with Crippen molar-refractivity contribution in [1.29, 1.82) is 0 Å². The van der Waals surface area contributed by atoms with Gasteiger partial charge in [0.25, 0.3) is 0 Å². The highest BCUT2D eigenvalue weighted by atomic mass is 32.1. The van der Waals surface area contributed by atoms with Crippen LogP contribution in [0, 0.1) is 0 Å². The van der Waals surface area contributed by atoms with E-state index >= 15 is 0 Å². The van der Waals surface area contributed by atoms with E-state index in [1.54, 1.807) is 6.08 Å². The topological polar surface area (TPSA) is 47.3 Å². The maximum atomic E-state index is 5.62. The SMILES string of the molecule is C=CCNC(=S)N[NH+]=Cc1cccc(OC(C)C)c1. The standard InChI is InChI=1S/C14H19N3OS/c1-4-8-15-14(19)17-16-10-12-6-5-7-13(9-12)18-11(2)3/h4-7,9-11H,1,8H2,2-3H3,(H2,15,17,19)/p+1. The first-order chi connectivity index (χ1) is 9.11. The van der Waals surface area contributed by atoms with E-state index in [0.29, 0.717) is 11.7 Å². The van der Waals surface area contributed by atoms with Crippen molar-refractivity contribution in [2.75, 3.05) is 6.54 Å². The molecule has 0 heterocycles. The molecule has 0 atom stereocenters. The van der Waals surface area contributed by atoms with Gasteiger partial charge in [-0.2, -0.15) is 0 Å². The Balaban J connectivity index is 2.52. The molecule has 3 N–H and O–H groups in total. The molecule has 0 spiro atoms. The molecule has 1 aromatic rings. The van der Waals surface area contributed by atoms with Crippen molar-refractivity contribution in [3.63, 3.8) is 0 Å². The van der Waals surface area contributed by atoms with E-state index in [-0.39, 0.29) is 6.10 Å². The fourth-order valence-electron chi connectivity index (χ4n) is 1.34. The molecule has 0 aromatic heterocycles. The predicted molar refractivity (Wildman–Crippen MR) is 82.3 cm³/mol. The first-order valence-electron chi connectivity index (χ1n) is 6.12. The molecule has 1 aromatic carbocycles. The summed E-state index contributed by atoms with van der Waals surface area (Å²) in [5.41, 5.74) is 3.85. The van der Waals surface area contributed by atoms with Gasteiger partial charge < -0.3 is 10.1 Å². The van der Waals surface area contributed by atoms with Crippen LogP contribution in [0.2, 0.25) is 0 Å². The van der Waals surface area contributed by atoms with E-state index in [1.165, 1.54) is 0 Å². The molecule has 5 heteroatoms. The van der Waals surface area contributed by atoms with Gasteiger partial charge >= 0.3 is 0 Å². The van der Waals surface area contributed by atoms with Gasteiger partial charge in [0.15, 0.2) is 6.21 Å². The second-order valence-electron chi connectivity index (χ2n) is 4.15. The summed E-state index contributed by atoms with van der Waals surface area (Å²) in [5, 5.41) is 6.39. The Hall–Kier alpha value is -1.88. The second-order valence-corrected chi connectivity index (χ2v) is 4.56. The van der Waals surface area contributed by atoms with Crippen molar-refractivity contribution < 1.29 is 9.84 Å². The molecule has 0 amide bonds. The summed E-state index contributed by atoms with van der Waals surface area (Å²) in [7, 11) is 0. The summed E-state index contributed by atoms with van der Waals surface area (Å²) < 4.78 is 5.62. The zero-order valence-electron chi connectivity index (χ0n) is 11.3. The fourth-order valence-corrected chi connectivity index (χ4v) is 1.49. The Labute approximate surface area is 119 Å². The molecule has 0 saturated carbocycles. The number of hydrogen-bond donors (Lipinski definition) is 3. The van der Waals surface area contributed by atoms with Crippen LogP contribution >= 0.6 is 12.2 Å². The minimum absolute atomic E-state index is 0.164. The minimum atomic E-state index is 0.164. The van der Waals surface area contributed by atoms with Crippen LogP contribution in [-0.2, 0) is 0 Å². The summed E-state index contributed by atoms with van der Waals surface area (Å²) in [6.07, 6.45) is 3.72. The summed E-state index contributed by atoms with van der Waals surface area (Å²) in [6.45, 7) is 8.23. The zero-order valence-corrected chi connectivity index (χ0v) is 12.1. The summed E-state index contributed by atoms with van der Waals surface area (Å²) >= 11 is 5.04. The summed E-state index contributed by atoms with van der Waals surface area (Å²) in [5.74, 6) is 0.845. The molecule has 0 aliphatic carbocycles. The van der Waals surface area contributed by atoms with Crippen LogP contribution in [0.4, 0.5) is 0 Å². The molecule has 0 bridgehead atoms. The summed E-state index contributed by atoms with van der Waals surface area (Å²) in [6, 6.07) is 7.80. The molecular weight excluding hydrogens is 258 g/mol. The normalized spacial score (nSPS) is 10.5. The van der Waals surface area contributed by atoms with Crippen molar-refractivity contribution in [2.24, 2.45) is 0 Å². The molecule has 102 valence electrons. The van der Waals surface area contributed by atoms with Crippen LogP contribution in [0.5, 0.6) is 5.75 Å². The fraction of sp³-hybridized carbons (Fsp3) is 0.286. The number of thiocarbonyl (C=S) groups is 1. The van der Waals surface area contributed by atoms with Gasteiger partial charge in [-0.15, -0.1) is 17.1 Å². The molecule has 0 unspecified atom stereocenters. The highest BCUT2D eigenvalue weighted by Crippen LogP contribution is 2.12. The van der Waals surface area contributed by atoms with Crippen LogP contribution in [0.25, 0.3) is 0 Å². The quantitative estimate of drug-likeness (QED) is 0.308. The Bertz CT molecular complexity index is 458. The maximum Gasteiger partial charge on any atom is 0.224 e. The van der Waals surface area contributed by atoms with E-state index in [9.17, 15) is 0 Å². The van der Waals surface area contributed by atoms with E-state index in [0.717, 1.165) is 11.3 Å². The van der Waals surface area contributed by atoms with Gasteiger partial charge in [0.2, 0.25) is 5.11 Å². The molecular formula is C14H20N3OS+. The number of benzene rings is 1. The second kappa shape index (κ2) is 8.26. The number of rotatable bonds is 6. The third-order valence-electron chi connectivity index (χ3n) is 2.06. The average Bonchev–Trinajstić information content (AvgIpc) is 2.36. The predicted octanol–water partition coefficient (Wildman–Crippen LogP) is 0.538. The van der Waals surface area contributed by atoms with Crippen molar-refractivity contribution in [3.8, 4) is 5.75 Å². The van der Waals surface area contributed by atoms with Crippen molar-refractivity contribution in [1.82, 2.24) is 10.7 Å². The van der Waals surface area contributed by atoms with Crippen LogP contribution in [0.3, 0.4) is 0 Å². The smallest absolute Gasteiger partial charge is 0.224 e. The molecule has 0 fully saturated rings. The summed E-state index contributed by atoms with van der Waals surface area (Å²) in [4.78, 5) is 0. The molecule has 19 heavy (non-hydrogen) atoms. The Morgan fingerprint density at radius 3 is 3.00 bits per heavy atom. The first-order valence-corrected chi connectivity index (χ1v) is 6.53. The molecule has 1 rings (SSSR count). The monoisotopic (exact) mass is 278 g/mol. The van der Waals surface area contributed by atoms with Crippen molar-refractivity contribution in [2.45, 2.75) is 20.0 Å². The lowest BCUT2D eigenvalue weighted by Crippen LogP contribution is -2.82. The number of hydrogen-bond acceptors (Lipinski definition) is 2. The highest BCUT2D eigenvalue weighted by molar-refractivity contribution is 7.80. The van der Waals surface area contributed by atoms with E-state index in [4.69, 9.17) is 17.0 Å². The van der Waals surface area contributed by atoms with Crippen LogP contribution in [-0.4, -0.2) is 24.0 Å². The Kier molecular flexibility index (Phi) is 6.60. The van der Waals surface area contributed by atoms with Gasteiger partial charge in [-0.25, -0.2) is 0 Å². The van der Waals surface area contributed by atoms with Gasteiger partial charge in [0.05, 0.1) is 6.10 Å².